The molecule has 0 spiro atoms. The van der Waals surface area contributed by atoms with Crippen molar-refractivity contribution in [2.75, 3.05) is 6.61 Å². The highest BCUT2D eigenvalue weighted by Gasteiger charge is 2.20. The van der Waals surface area contributed by atoms with E-state index in [9.17, 15) is 19.5 Å². The summed E-state index contributed by atoms with van der Waals surface area (Å²) >= 11 is 0. The van der Waals surface area contributed by atoms with Crippen LogP contribution in [0.4, 0.5) is 0 Å². The third-order valence-electron chi connectivity index (χ3n) is 3.73. The normalized spacial score (nSPS) is 11.4. The number of hydrogen-bond acceptors (Lipinski definition) is 5. The maximum absolute atomic E-state index is 12.2. The van der Waals surface area contributed by atoms with E-state index in [1.807, 2.05) is 30.3 Å². The SMILES string of the molecule is CC(=O)Oc1ccccc1C(=O)OCCC(Cc1ccccc1)C(=O)O. The standard InChI is InChI=1S/C20H20O6/c1-14(21)26-18-10-6-5-9-17(18)20(24)25-12-11-16(19(22)23)13-15-7-3-2-4-8-15/h2-10,16H,11-13H2,1H3,(H,22,23). The van der Waals surface area contributed by atoms with Gasteiger partial charge >= 0.3 is 17.9 Å². The Bertz CT molecular complexity index is 769. The van der Waals surface area contributed by atoms with Crippen molar-refractivity contribution >= 4 is 17.9 Å². The van der Waals surface area contributed by atoms with Gasteiger partial charge in [-0.05, 0) is 30.5 Å². The molecule has 0 bridgehead atoms. The molecule has 0 aliphatic heterocycles. The van der Waals surface area contributed by atoms with E-state index in [0.29, 0.717) is 6.42 Å². The Balaban J connectivity index is 1.94. The maximum atomic E-state index is 12.2. The molecule has 0 fully saturated rings. The quantitative estimate of drug-likeness (QED) is 0.577. The highest BCUT2D eigenvalue weighted by atomic mass is 16.5. The summed E-state index contributed by atoms with van der Waals surface area (Å²) in [6.45, 7) is 1.19. The molecule has 1 atom stereocenters. The van der Waals surface area contributed by atoms with Gasteiger partial charge in [0.2, 0.25) is 0 Å². The third kappa shape index (κ3) is 5.73. The van der Waals surface area contributed by atoms with Crippen LogP contribution in [-0.2, 0) is 20.7 Å². The molecule has 0 heterocycles. The Labute approximate surface area is 151 Å². The van der Waals surface area contributed by atoms with Crippen molar-refractivity contribution in [3.05, 3.63) is 65.7 Å². The molecule has 0 aromatic heterocycles. The lowest BCUT2D eigenvalue weighted by Crippen LogP contribution is -2.20. The van der Waals surface area contributed by atoms with Gasteiger partial charge in [0, 0.05) is 6.92 Å². The van der Waals surface area contributed by atoms with E-state index in [0.717, 1.165) is 5.56 Å². The van der Waals surface area contributed by atoms with Crippen molar-refractivity contribution < 1.29 is 29.0 Å². The lowest BCUT2D eigenvalue weighted by molar-refractivity contribution is -0.142. The summed E-state index contributed by atoms with van der Waals surface area (Å²) in [5.74, 6) is -2.69. The molecule has 2 rings (SSSR count). The molecule has 6 nitrogen and oxygen atoms in total. The Hall–Kier alpha value is -3.15. The molecule has 1 N–H and O–H groups in total. The predicted octanol–water partition coefficient (Wildman–Crippen LogP) is 3.10. The number of carbonyl (C=O) groups excluding carboxylic acids is 2. The number of esters is 2. The number of para-hydroxylation sites is 1. The number of carboxylic acid groups (broad SMARTS) is 1. The van der Waals surface area contributed by atoms with Crippen LogP contribution in [0.5, 0.6) is 5.75 Å². The van der Waals surface area contributed by atoms with Gasteiger partial charge in [0.1, 0.15) is 11.3 Å². The summed E-state index contributed by atoms with van der Waals surface area (Å²) in [5, 5.41) is 9.36. The van der Waals surface area contributed by atoms with Crippen molar-refractivity contribution in [2.45, 2.75) is 19.8 Å². The largest absolute Gasteiger partial charge is 0.481 e. The predicted molar refractivity (Wildman–Crippen MR) is 93.9 cm³/mol. The number of benzene rings is 2. The molecule has 136 valence electrons. The average molecular weight is 356 g/mol. The Morgan fingerprint density at radius 1 is 1.00 bits per heavy atom. The molecule has 0 aliphatic rings. The van der Waals surface area contributed by atoms with E-state index in [1.54, 1.807) is 12.1 Å². The smallest absolute Gasteiger partial charge is 0.341 e. The molecule has 2 aromatic carbocycles. The third-order valence-corrected chi connectivity index (χ3v) is 3.73. The van der Waals surface area contributed by atoms with Crippen LogP contribution in [-0.4, -0.2) is 29.6 Å². The zero-order chi connectivity index (χ0) is 18.9. The topological polar surface area (TPSA) is 89.9 Å². The van der Waals surface area contributed by atoms with Gasteiger partial charge in [-0.3, -0.25) is 9.59 Å². The summed E-state index contributed by atoms with van der Waals surface area (Å²) in [6.07, 6.45) is 0.545. The van der Waals surface area contributed by atoms with Gasteiger partial charge in [-0.15, -0.1) is 0 Å². The van der Waals surface area contributed by atoms with Crippen LogP contribution in [0.1, 0.15) is 29.3 Å². The molecule has 0 aliphatic carbocycles. The summed E-state index contributed by atoms with van der Waals surface area (Å²) in [6, 6.07) is 15.5. The Morgan fingerprint density at radius 2 is 1.65 bits per heavy atom. The summed E-state index contributed by atoms with van der Waals surface area (Å²) < 4.78 is 10.2. The van der Waals surface area contributed by atoms with E-state index < -0.39 is 23.8 Å². The number of ether oxygens (including phenoxy) is 2. The zero-order valence-electron chi connectivity index (χ0n) is 14.4. The molecule has 2 aromatic rings. The number of carbonyl (C=O) groups is 3. The number of rotatable bonds is 8. The van der Waals surface area contributed by atoms with Crippen molar-refractivity contribution in [1.29, 1.82) is 0 Å². The number of carboxylic acids is 1. The van der Waals surface area contributed by atoms with Crippen LogP contribution >= 0.6 is 0 Å². The van der Waals surface area contributed by atoms with Gasteiger partial charge in [0.25, 0.3) is 0 Å². The second kappa shape index (κ2) is 9.36. The van der Waals surface area contributed by atoms with Crippen molar-refractivity contribution in [3.63, 3.8) is 0 Å². The number of hydrogen-bond donors (Lipinski definition) is 1. The van der Waals surface area contributed by atoms with Gasteiger partial charge in [-0.25, -0.2) is 4.79 Å². The molecule has 26 heavy (non-hydrogen) atoms. The first-order valence-corrected chi connectivity index (χ1v) is 8.18. The molecular weight excluding hydrogens is 336 g/mol. The fourth-order valence-corrected chi connectivity index (χ4v) is 2.46. The van der Waals surface area contributed by atoms with Crippen molar-refractivity contribution in [2.24, 2.45) is 5.92 Å². The van der Waals surface area contributed by atoms with E-state index in [-0.39, 0.29) is 24.3 Å². The lowest BCUT2D eigenvalue weighted by Gasteiger charge is -2.13. The van der Waals surface area contributed by atoms with Crippen LogP contribution < -0.4 is 4.74 Å². The molecule has 0 saturated carbocycles. The molecule has 1 unspecified atom stereocenters. The van der Waals surface area contributed by atoms with Gasteiger partial charge in [0.05, 0.1) is 12.5 Å². The second-order valence-corrected chi connectivity index (χ2v) is 5.74. The first kappa shape index (κ1) is 19.2. The zero-order valence-corrected chi connectivity index (χ0v) is 14.4. The summed E-state index contributed by atoms with van der Waals surface area (Å²) in [5.41, 5.74) is 1.03. The van der Waals surface area contributed by atoms with Gasteiger partial charge in [0.15, 0.2) is 0 Å². The van der Waals surface area contributed by atoms with E-state index in [4.69, 9.17) is 9.47 Å². The van der Waals surface area contributed by atoms with Gasteiger partial charge in [-0.2, -0.15) is 0 Å². The van der Waals surface area contributed by atoms with Gasteiger partial charge < -0.3 is 14.6 Å². The minimum Gasteiger partial charge on any atom is -0.481 e. The van der Waals surface area contributed by atoms with Crippen LogP contribution in [0, 0.1) is 5.92 Å². The summed E-state index contributed by atoms with van der Waals surface area (Å²) in [7, 11) is 0. The summed E-state index contributed by atoms with van der Waals surface area (Å²) in [4.78, 5) is 34.7. The van der Waals surface area contributed by atoms with Crippen LogP contribution in [0.3, 0.4) is 0 Å². The van der Waals surface area contributed by atoms with Crippen LogP contribution in [0.15, 0.2) is 54.6 Å². The lowest BCUT2D eigenvalue weighted by atomic mass is 9.97. The minimum absolute atomic E-state index is 0.0446. The van der Waals surface area contributed by atoms with E-state index >= 15 is 0 Å². The molecule has 6 heteroatoms. The molecule has 0 amide bonds. The van der Waals surface area contributed by atoms with Crippen molar-refractivity contribution in [1.82, 2.24) is 0 Å². The molecular formula is C20H20O6. The number of aliphatic carboxylic acids is 1. The highest BCUT2D eigenvalue weighted by molar-refractivity contribution is 5.93. The Kier molecular flexibility index (Phi) is 6.91. The van der Waals surface area contributed by atoms with Crippen molar-refractivity contribution in [3.8, 4) is 5.75 Å². The van der Waals surface area contributed by atoms with Crippen LogP contribution in [0.25, 0.3) is 0 Å². The van der Waals surface area contributed by atoms with E-state index in [1.165, 1.54) is 19.1 Å². The first-order chi connectivity index (χ1) is 12.5. The first-order valence-electron chi connectivity index (χ1n) is 8.18. The Morgan fingerprint density at radius 3 is 2.31 bits per heavy atom. The fourth-order valence-electron chi connectivity index (χ4n) is 2.46. The highest BCUT2D eigenvalue weighted by Crippen LogP contribution is 2.20. The van der Waals surface area contributed by atoms with Gasteiger partial charge in [-0.1, -0.05) is 42.5 Å². The minimum atomic E-state index is -0.940. The monoisotopic (exact) mass is 356 g/mol. The second-order valence-electron chi connectivity index (χ2n) is 5.74. The van der Waals surface area contributed by atoms with Crippen LogP contribution in [0.2, 0.25) is 0 Å². The maximum Gasteiger partial charge on any atom is 0.341 e. The molecule has 0 saturated heterocycles. The fraction of sp³-hybridized carbons (Fsp3) is 0.250. The molecule has 0 radical (unpaired) electrons. The van der Waals surface area contributed by atoms with E-state index in [2.05, 4.69) is 0 Å². The average Bonchev–Trinajstić information content (AvgIpc) is 2.61.